The zero-order chi connectivity index (χ0) is 18.8. The monoisotopic (exact) mass is 391 g/mol. The molecule has 0 atom stereocenters. The first kappa shape index (κ1) is 18.6. The standard InChI is InChI=1S/C16H14F5N3OS/c17-10-11(18)13(20)15(14(21)12(10)19)22-16(25)24-5-3-23(4-6-24)8-9-2-1-7-26-9/h1-2,7H,3-6,8H2,(H,22,25). The van der Waals surface area contributed by atoms with Crippen LogP contribution in [0.25, 0.3) is 0 Å². The van der Waals surface area contributed by atoms with Crippen LogP contribution in [0.15, 0.2) is 17.5 Å². The van der Waals surface area contributed by atoms with Gasteiger partial charge in [0, 0.05) is 37.6 Å². The highest BCUT2D eigenvalue weighted by Crippen LogP contribution is 2.27. The minimum Gasteiger partial charge on any atom is -0.322 e. The Bertz CT molecular complexity index is 778. The number of thiophene rings is 1. The number of benzene rings is 1. The zero-order valence-electron chi connectivity index (χ0n) is 13.4. The van der Waals surface area contributed by atoms with Crippen molar-refractivity contribution in [3.8, 4) is 0 Å². The first-order valence-corrected chi connectivity index (χ1v) is 8.58. The van der Waals surface area contributed by atoms with Crippen LogP contribution in [0.5, 0.6) is 0 Å². The summed E-state index contributed by atoms with van der Waals surface area (Å²) in [5, 5.41) is 3.75. The Labute approximate surface area is 149 Å². The van der Waals surface area contributed by atoms with Crippen molar-refractivity contribution in [3.63, 3.8) is 0 Å². The molecule has 1 aliphatic heterocycles. The molecule has 10 heteroatoms. The Morgan fingerprint density at radius 3 is 2.08 bits per heavy atom. The predicted octanol–water partition coefficient (Wildman–Crippen LogP) is 3.79. The number of halogens is 5. The van der Waals surface area contributed by atoms with Crippen LogP contribution in [0.2, 0.25) is 0 Å². The minimum absolute atomic E-state index is 0.270. The van der Waals surface area contributed by atoms with E-state index in [1.165, 1.54) is 9.78 Å². The first-order valence-electron chi connectivity index (χ1n) is 7.70. The molecule has 1 N–H and O–H groups in total. The average molecular weight is 391 g/mol. The van der Waals surface area contributed by atoms with Gasteiger partial charge < -0.3 is 10.2 Å². The van der Waals surface area contributed by atoms with Crippen molar-refractivity contribution >= 4 is 23.1 Å². The highest BCUT2D eigenvalue weighted by atomic mass is 32.1. The molecule has 2 amide bonds. The van der Waals surface area contributed by atoms with Gasteiger partial charge in [-0.25, -0.2) is 26.7 Å². The maximum absolute atomic E-state index is 13.6. The SMILES string of the molecule is O=C(Nc1c(F)c(F)c(F)c(F)c1F)N1CCN(Cc2cccs2)CC1. The topological polar surface area (TPSA) is 35.6 Å². The molecule has 0 saturated carbocycles. The van der Waals surface area contributed by atoms with Gasteiger partial charge in [0.25, 0.3) is 0 Å². The van der Waals surface area contributed by atoms with Gasteiger partial charge in [-0.15, -0.1) is 11.3 Å². The molecular weight excluding hydrogens is 377 g/mol. The predicted molar refractivity (Wildman–Crippen MR) is 86.4 cm³/mol. The summed E-state index contributed by atoms with van der Waals surface area (Å²) < 4.78 is 66.7. The van der Waals surface area contributed by atoms with Gasteiger partial charge in [-0.3, -0.25) is 4.90 Å². The van der Waals surface area contributed by atoms with Crippen LogP contribution in [0.4, 0.5) is 32.4 Å². The van der Waals surface area contributed by atoms with Gasteiger partial charge in [-0.1, -0.05) is 6.07 Å². The van der Waals surface area contributed by atoms with Crippen molar-refractivity contribution in [1.29, 1.82) is 0 Å². The Balaban J connectivity index is 1.63. The molecule has 26 heavy (non-hydrogen) atoms. The maximum Gasteiger partial charge on any atom is 0.322 e. The Kier molecular flexibility index (Phi) is 5.42. The summed E-state index contributed by atoms with van der Waals surface area (Å²) in [5.41, 5.74) is -1.34. The number of nitrogens with zero attached hydrogens (tertiary/aromatic N) is 2. The summed E-state index contributed by atoms with van der Waals surface area (Å²) in [4.78, 5) is 16.7. The number of carbonyl (C=O) groups is 1. The van der Waals surface area contributed by atoms with Gasteiger partial charge in [0.2, 0.25) is 5.82 Å². The van der Waals surface area contributed by atoms with Gasteiger partial charge >= 0.3 is 6.03 Å². The van der Waals surface area contributed by atoms with Crippen LogP contribution in [0, 0.1) is 29.1 Å². The van der Waals surface area contributed by atoms with Crippen LogP contribution in [-0.2, 0) is 6.54 Å². The van der Waals surface area contributed by atoms with Crippen LogP contribution in [-0.4, -0.2) is 42.0 Å². The van der Waals surface area contributed by atoms with Crippen molar-refractivity contribution in [2.45, 2.75) is 6.54 Å². The summed E-state index contributed by atoms with van der Waals surface area (Å²) in [6.45, 7) is 2.33. The Morgan fingerprint density at radius 1 is 0.962 bits per heavy atom. The van der Waals surface area contributed by atoms with E-state index in [4.69, 9.17) is 0 Å². The van der Waals surface area contributed by atoms with E-state index in [1.807, 2.05) is 17.5 Å². The fourth-order valence-corrected chi connectivity index (χ4v) is 3.38. The summed E-state index contributed by atoms with van der Waals surface area (Å²) in [6, 6.07) is 3.02. The van der Waals surface area contributed by atoms with Crippen LogP contribution >= 0.6 is 11.3 Å². The van der Waals surface area contributed by atoms with Crippen LogP contribution in [0.1, 0.15) is 4.88 Å². The van der Waals surface area contributed by atoms with Gasteiger partial charge in [-0.2, -0.15) is 0 Å². The van der Waals surface area contributed by atoms with Crippen molar-refractivity contribution in [3.05, 3.63) is 51.5 Å². The third-order valence-corrected chi connectivity index (χ3v) is 4.92. The second kappa shape index (κ2) is 7.58. The Hall–Kier alpha value is -2.20. The quantitative estimate of drug-likeness (QED) is 0.491. The van der Waals surface area contributed by atoms with E-state index in [0.717, 1.165) is 6.54 Å². The number of nitrogens with one attached hydrogen (secondary N) is 1. The van der Waals surface area contributed by atoms with E-state index in [1.54, 1.807) is 16.7 Å². The fourth-order valence-electron chi connectivity index (χ4n) is 2.63. The van der Waals surface area contributed by atoms with E-state index < -0.39 is 40.8 Å². The number of carbonyl (C=O) groups excluding carboxylic acids is 1. The molecule has 0 radical (unpaired) electrons. The number of rotatable bonds is 3. The minimum atomic E-state index is -2.26. The highest BCUT2D eigenvalue weighted by molar-refractivity contribution is 7.09. The third kappa shape index (κ3) is 3.65. The van der Waals surface area contributed by atoms with E-state index in [-0.39, 0.29) is 13.1 Å². The fraction of sp³-hybridized carbons (Fsp3) is 0.312. The van der Waals surface area contributed by atoms with Crippen molar-refractivity contribution < 1.29 is 26.7 Å². The van der Waals surface area contributed by atoms with Crippen LogP contribution in [0.3, 0.4) is 0 Å². The molecule has 0 bridgehead atoms. The number of hydrogen-bond donors (Lipinski definition) is 1. The van der Waals surface area contributed by atoms with Crippen LogP contribution < -0.4 is 5.32 Å². The second-order valence-electron chi connectivity index (χ2n) is 5.72. The lowest BCUT2D eigenvalue weighted by molar-refractivity contribution is 0.143. The van der Waals surface area contributed by atoms with E-state index in [2.05, 4.69) is 4.90 Å². The third-order valence-electron chi connectivity index (χ3n) is 4.06. The lowest BCUT2D eigenvalue weighted by Crippen LogP contribution is -2.49. The number of anilines is 1. The number of urea groups is 1. The Morgan fingerprint density at radius 2 is 1.54 bits per heavy atom. The summed E-state index contributed by atoms with van der Waals surface area (Å²) >= 11 is 1.61. The van der Waals surface area contributed by atoms with E-state index in [0.29, 0.717) is 13.1 Å². The largest absolute Gasteiger partial charge is 0.322 e. The molecule has 1 aliphatic rings. The zero-order valence-corrected chi connectivity index (χ0v) is 14.2. The summed E-state index contributed by atoms with van der Waals surface area (Å²) in [6.07, 6.45) is 0. The second-order valence-corrected chi connectivity index (χ2v) is 6.75. The average Bonchev–Trinajstić information content (AvgIpc) is 3.15. The summed E-state index contributed by atoms with van der Waals surface area (Å²) in [7, 11) is 0. The molecule has 2 aromatic rings. The molecule has 0 aliphatic carbocycles. The molecule has 2 heterocycles. The number of hydrogen-bond acceptors (Lipinski definition) is 3. The molecular formula is C16H14F5N3OS. The highest BCUT2D eigenvalue weighted by Gasteiger charge is 2.29. The van der Waals surface area contributed by atoms with Gasteiger partial charge in [0.15, 0.2) is 23.3 Å². The van der Waals surface area contributed by atoms with Gasteiger partial charge in [0.1, 0.15) is 5.69 Å². The molecule has 1 aromatic heterocycles. The molecule has 4 nitrogen and oxygen atoms in total. The summed E-state index contributed by atoms with van der Waals surface area (Å²) in [5.74, 6) is -10.6. The number of piperazine rings is 1. The maximum atomic E-state index is 13.6. The van der Waals surface area contributed by atoms with E-state index in [9.17, 15) is 26.7 Å². The van der Waals surface area contributed by atoms with Crippen molar-refractivity contribution in [2.24, 2.45) is 0 Å². The molecule has 1 aromatic carbocycles. The normalized spacial score (nSPS) is 15.3. The number of amides is 2. The molecule has 3 rings (SSSR count). The van der Waals surface area contributed by atoms with Crippen molar-refractivity contribution in [2.75, 3.05) is 31.5 Å². The molecule has 140 valence electrons. The van der Waals surface area contributed by atoms with Gasteiger partial charge in [0.05, 0.1) is 0 Å². The molecule has 1 fully saturated rings. The van der Waals surface area contributed by atoms with Crippen molar-refractivity contribution in [1.82, 2.24) is 9.80 Å². The lowest BCUT2D eigenvalue weighted by atomic mass is 10.2. The lowest BCUT2D eigenvalue weighted by Gasteiger charge is -2.34. The molecule has 0 spiro atoms. The smallest absolute Gasteiger partial charge is 0.322 e. The van der Waals surface area contributed by atoms with Gasteiger partial charge in [-0.05, 0) is 11.4 Å². The molecule has 0 unspecified atom stereocenters. The first-order chi connectivity index (χ1) is 12.4. The molecule has 1 saturated heterocycles. The van der Waals surface area contributed by atoms with E-state index >= 15 is 0 Å².